The molecule has 1 saturated carbocycles. The second kappa shape index (κ2) is 7.42. The number of benzene rings is 1. The standard InChI is InChI=1S/C23H20FN3O3/c24-17-5-1-15(2-6-17)14-30-19-9-10-26(22(29)11-19)18-7-8-21-25-23(16-3-4-16)20(13-28)27(21)12-18/h1-2,5-12,16,28H,3-4,13-14H2. The molecule has 0 bridgehead atoms. The van der Waals surface area contributed by atoms with Crippen LogP contribution in [-0.4, -0.2) is 19.1 Å². The largest absolute Gasteiger partial charge is 0.489 e. The number of aromatic nitrogens is 3. The van der Waals surface area contributed by atoms with Crippen LogP contribution >= 0.6 is 0 Å². The predicted molar refractivity (Wildman–Crippen MR) is 109 cm³/mol. The lowest BCUT2D eigenvalue weighted by Crippen LogP contribution is -2.17. The summed E-state index contributed by atoms with van der Waals surface area (Å²) in [5, 5.41) is 9.84. The van der Waals surface area contributed by atoms with Gasteiger partial charge < -0.3 is 9.84 Å². The van der Waals surface area contributed by atoms with Gasteiger partial charge in [0.05, 0.1) is 23.7 Å². The van der Waals surface area contributed by atoms with Crippen molar-refractivity contribution in [1.82, 2.24) is 14.0 Å². The minimum absolute atomic E-state index is 0.0957. The van der Waals surface area contributed by atoms with E-state index in [4.69, 9.17) is 4.74 Å². The van der Waals surface area contributed by atoms with Crippen molar-refractivity contribution < 1.29 is 14.2 Å². The highest BCUT2D eigenvalue weighted by Crippen LogP contribution is 2.41. The molecule has 3 heterocycles. The van der Waals surface area contributed by atoms with E-state index in [2.05, 4.69) is 4.98 Å². The Labute approximate surface area is 171 Å². The Bertz CT molecular complexity index is 1270. The molecule has 1 aromatic carbocycles. The number of hydrogen-bond acceptors (Lipinski definition) is 4. The Hall–Kier alpha value is -3.45. The Morgan fingerprint density at radius 1 is 1.13 bits per heavy atom. The van der Waals surface area contributed by atoms with Crippen LogP contribution in [-0.2, 0) is 13.2 Å². The van der Waals surface area contributed by atoms with Crippen LogP contribution in [0.3, 0.4) is 0 Å². The van der Waals surface area contributed by atoms with Crippen molar-refractivity contribution >= 4 is 5.65 Å². The summed E-state index contributed by atoms with van der Waals surface area (Å²) in [5.41, 5.74) is 3.74. The summed E-state index contributed by atoms with van der Waals surface area (Å²) < 4.78 is 22.0. The number of nitrogens with zero attached hydrogens (tertiary/aromatic N) is 3. The minimum Gasteiger partial charge on any atom is -0.489 e. The summed E-state index contributed by atoms with van der Waals surface area (Å²) in [5.74, 6) is 0.567. The maximum absolute atomic E-state index is 13.0. The first-order valence-corrected chi connectivity index (χ1v) is 9.84. The molecular formula is C23H20FN3O3. The van der Waals surface area contributed by atoms with Gasteiger partial charge in [-0.25, -0.2) is 9.37 Å². The van der Waals surface area contributed by atoms with Crippen LogP contribution in [0.15, 0.2) is 65.7 Å². The van der Waals surface area contributed by atoms with E-state index in [-0.39, 0.29) is 24.6 Å². The van der Waals surface area contributed by atoms with Gasteiger partial charge in [-0.05, 0) is 48.7 Å². The molecule has 6 nitrogen and oxygen atoms in total. The van der Waals surface area contributed by atoms with Crippen molar-refractivity contribution in [3.8, 4) is 11.4 Å². The molecule has 7 heteroatoms. The van der Waals surface area contributed by atoms with E-state index in [1.54, 1.807) is 24.4 Å². The van der Waals surface area contributed by atoms with Crippen molar-refractivity contribution in [2.24, 2.45) is 0 Å². The number of aliphatic hydroxyl groups is 1. The highest BCUT2D eigenvalue weighted by atomic mass is 19.1. The van der Waals surface area contributed by atoms with E-state index in [1.165, 1.54) is 22.8 Å². The Kier molecular flexibility index (Phi) is 4.59. The summed E-state index contributed by atoms with van der Waals surface area (Å²) in [4.78, 5) is 17.3. The monoisotopic (exact) mass is 405 g/mol. The van der Waals surface area contributed by atoms with Gasteiger partial charge in [-0.1, -0.05) is 12.1 Å². The van der Waals surface area contributed by atoms with Crippen molar-refractivity contribution in [1.29, 1.82) is 0 Å². The lowest BCUT2D eigenvalue weighted by atomic mass is 10.2. The molecule has 0 unspecified atom stereocenters. The van der Waals surface area contributed by atoms with Crippen LogP contribution in [0.1, 0.15) is 35.7 Å². The Balaban J connectivity index is 1.41. The van der Waals surface area contributed by atoms with E-state index in [0.717, 1.165) is 35.4 Å². The van der Waals surface area contributed by atoms with Gasteiger partial charge in [0, 0.05) is 24.4 Å². The van der Waals surface area contributed by atoms with E-state index in [9.17, 15) is 14.3 Å². The number of fused-ring (bicyclic) bond motifs is 1. The molecule has 1 N–H and O–H groups in total. The molecule has 1 aliphatic carbocycles. The molecule has 0 radical (unpaired) electrons. The number of aliphatic hydroxyl groups excluding tert-OH is 1. The molecule has 152 valence electrons. The molecule has 0 spiro atoms. The SMILES string of the molecule is O=c1cc(OCc2ccc(F)cc2)ccn1-c1ccc2nc(C3CC3)c(CO)n2c1. The number of ether oxygens (including phenoxy) is 1. The number of halogens is 1. The van der Waals surface area contributed by atoms with Crippen LogP contribution in [0.2, 0.25) is 0 Å². The Morgan fingerprint density at radius 2 is 1.93 bits per heavy atom. The van der Waals surface area contributed by atoms with Crippen molar-refractivity contribution in [2.75, 3.05) is 0 Å². The molecule has 0 amide bonds. The summed E-state index contributed by atoms with van der Waals surface area (Å²) in [6.07, 6.45) is 5.67. The van der Waals surface area contributed by atoms with Crippen LogP contribution < -0.4 is 10.3 Å². The molecule has 0 aliphatic heterocycles. The average Bonchev–Trinajstić information content (AvgIpc) is 3.53. The summed E-state index contributed by atoms with van der Waals surface area (Å²) in [7, 11) is 0. The maximum atomic E-state index is 13.0. The third kappa shape index (κ3) is 3.48. The van der Waals surface area contributed by atoms with E-state index >= 15 is 0 Å². The molecule has 1 aliphatic rings. The molecule has 1 fully saturated rings. The fourth-order valence-corrected chi connectivity index (χ4v) is 3.59. The highest BCUT2D eigenvalue weighted by molar-refractivity contribution is 5.49. The molecule has 5 rings (SSSR count). The maximum Gasteiger partial charge on any atom is 0.258 e. The second-order valence-corrected chi connectivity index (χ2v) is 7.48. The third-order valence-electron chi connectivity index (χ3n) is 5.33. The van der Waals surface area contributed by atoms with Crippen molar-refractivity contribution in [3.05, 3.63) is 94.0 Å². The molecule has 0 atom stereocenters. The highest BCUT2D eigenvalue weighted by Gasteiger charge is 2.29. The zero-order valence-electron chi connectivity index (χ0n) is 16.2. The normalized spacial score (nSPS) is 13.7. The lowest BCUT2D eigenvalue weighted by molar-refractivity contribution is 0.274. The summed E-state index contributed by atoms with van der Waals surface area (Å²) >= 11 is 0. The molecular weight excluding hydrogens is 385 g/mol. The van der Waals surface area contributed by atoms with Crippen molar-refractivity contribution in [2.45, 2.75) is 32.0 Å². The van der Waals surface area contributed by atoms with Gasteiger partial charge in [0.2, 0.25) is 0 Å². The molecule has 3 aromatic heterocycles. The number of hydrogen-bond donors (Lipinski definition) is 1. The van der Waals surface area contributed by atoms with Gasteiger partial charge in [-0.3, -0.25) is 13.8 Å². The van der Waals surface area contributed by atoms with Gasteiger partial charge in [0.15, 0.2) is 0 Å². The topological polar surface area (TPSA) is 68.8 Å². The summed E-state index contributed by atoms with van der Waals surface area (Å²) in [6, 6.07) is 12.9. The van der Waals surface area contributed by atoms with Crippen molar-refractivity contribution in [3.63, 3.8) is 0 Å². The average molecular weight is 405 g/mol. The molecule has 4 aromatic rings. The van der Waals surface area contributed by atoms with Crippen LogP contribution in [0.25, 0.3) is 11.3 Å². The first-order chi connectivity index (χ1) is 14.6. The van der Waals surface area contributed by atoms with Gasteiger partial charge in [0.1, 0.15) is 23.8 Å². The predicted octanol–water partition coefficient (Wildman–Crippen LogP) is 3.57. The summed E-state index contributed by atoms with van der Waals surface area (Å²) in [6.45, 7) is 0.149. The van der Waals surface area contributed by atoms with Gasteiger partial charge in [0.25, 0.3) is 5.56 Å². The van der Waals surface area contributed by atoms with Crippen LogP contribution in [0.5, 0.6) is 5.75 Å². The molecule has 0 saturated heterocycles. The van der Waals surface area contributed by atoms with E-state index < -0.39 is 0 Å². The minimum atomic E-state index is -0.301. The smallest absolute Gasteiger partial charge is 0.258 e. The molecule has 30 heavy (non-hydrogen) atoms. The van der Waals surface area contributed by atoms with Crippen LogP contribution in [0.4, 0.5) is 4.39 Å². The van der Waals surface area contributed by atoms with Crippen LogP contribution in [0, 0.1) is 5.82 Å². The van der Waals surface area contributed by atoms with E-state index in [0.29, 0.717) is 17.4 Å². The fraction of sp³-hybridized carbons (Fsp3) is 0.217. The number of imidazole rings is 1. The Morgan fingerprint density at radius 3 is 2.63 bits per heavy atom. The van der Waals surface area contributed by atoms with Gasteiger partial charge >= 0.3 is 0 Å². The zero-order chi connectivity index (χ0) is 20.7. The third-order valence-corrected chi connectivity index (χ3v) is 5.33. The first-order valence-electron chi connectivity index (χ1n) is 9.84. The zero-order valence-corrected chi connectivity index (χ0v) is 16.2. The quantitative estimate of drug-likeness (QED) is 0.533. The first kappa shape index (κ1) is 18.6. The number of pyridine rings is 2. The second-order valence-electron chi connectivity index (χ2n) is 7.48. The van der Waals surface area contributed by atoms with E-state index in [1.807, 2.05) is 22.7 Å². The lowest BCUT2D eigenvalue weighted by Gasteiger charge is -2.10. The number of rotatable bonds is 6. The van der Waals surface area contributed by atoms with Gasteiger partial charge in [-0.15, -0.1) is 0 Å². The van der Waals surface area contributed by atoms with Gasteiger partial charge in [-0.2, -0.15) is 0 Å². The fourth-order valence-electron chi connectivity index (χ4n) is 3.59.